The normalized spacial score (nSPS) is 24.1. The highest BCUT2D eigenvalue weighted by molar-refractivity contribution is 5.63. The Bertz CT molecular complexity index is 414. The molecule has 6 nitrogen and oxygen atoms in total. The molecule has 0 saturated carbocycles. The van der Waals surface area contributed by atoms with Gasteiger partial charge in [-0.15, -0.1) is 0 Å². The molecule has 0 radical (unpaired) electrons. The fourth-order valence-electron chi connectivity index (χ4n) is 2.13. The van der Waals surface area contributed by atoms with Crippen LogP contribution in [0, 0.1) is 0 Å². The van der Waals surface area contributed by atoms with Crippen LogP contribution in [0.4, 0.5) is 11.5 Å². The van der Waals surface area contributed by atoms with Crippen LogP contribution in [0.5, 0.6) is 5.88 Å². The molecule has 2 heterocycles. The SMILES string of the molecule is COc1ccc(N)c(N2CC(C)OC(CO)C2)n1. The molecule has 1 aromatic rings. The first kappa shape index (κ1) is 12.9. The fourth-order valence-corrected chi connectivity index (χ4v) is 2.13. The highest BCUT2D eigenvalue weighted by atomic mass is 16.5. The number of nitrogens with two attached hydrogens (primary N) is 1. The van der Waals surface area contributed by atoms with Gasteiger partial charge in [-0.3, -0.25) is 0 Å². The number of nitrogen functional groups attached to an aromatic ring is 1. The predicted molar refractivity (Wildman–Crippen MR) is 68.8 cm³/mol. The van der Waals surface area contributed by atoms with Crippen LogP contribution in [0.1, 0.15) is 6.92 Å². The highest BCUT2D eigenvalue weighted by Gasteiger charge is 2.26. The van der Waals surface area contributed by atoms with Crippen molar-refractivity contribution in [3.63, 3.8) is 0 Å². The molecule has 1 saturated heterocycles. The molecule has 18 heavy (non-hydrogen) atoms. The Morgan fingerprint density at radius 1 is 1.56 bits per heavy atom. The van der Waals surface area contributed by atoms with Gasteiger partial charge >= 0.3 is 0 Å². The van der Waals surface area contributed by atoms with Crippen molar-refractivity contribution < 1.29 is 14.6 Å². The molecule has 3 N–H and O–H groups in total. The van der Waals surface area contributed by atoms with E-state index in [4.69, 9.17) is 15.2 Å². The van der Waals surface area contributed by atoms with Crippen molar-refractivity contribution in [3.8, 4) is 5.88 Å². The monoisotopic (exact) mass is 253 g/mol. The van der Waals surface area contributed by atoms with Gasteiger partial charge in [-0.2, -0.15) is 4.98 Å². The molecule has 0 aromatic carbocycles. The van der Waals surface area contributed by atoms with E-state index in [1.807, 2.05) is 11.8 Å². The minimum absolute atomic E-state index is 0.00921. The van der Waals surface area contributed by atoms with Crippen molar-refractivity contribution in [2.45, 2.75) is 19.1 Å². The molecule has 2 rings (SSSR count). The molecule has 0 bridgehead atoms. The average molecular weight is 253 g/mol. The van der Waals surface area contributed by atoms with Crippen molar-refractivity contribution in [1.82, 2.24) is 4.98 Å². The van der Waals surface area contributed by atoms with Gasteiger partial charge in [0, 0.05) is 19.2 Å². The lowest BCUT2D eigenvalue weighted by molar-refractivity contribution is -0.0422. The Morgan fingerprint density at radius 2 is 2.33 bits per heavy atom. The maximum Gasteiger partial charge on any atom is 0.215 e. The van der Waals surface area contributed by atoms with E-state index in [2.05, 4.69) is 4.98 Å². The van der Waals surface area contributed by atoms with E-state index in [1.165, 1.54) is 0 Å². The number of ether oxygens (including phenoxy) is 2. The molecule has 0 spiro atoms. The number of aliphatic hydroxyl groups excluding tert-OH is 1. The molecular weight excluding hydrogens is 234 g/mol. The number of methoxy groups -OCH3 is 1. The molecule has 6 heteroatoms. The van der Waals surface area contributed by atoms with Gasteiger partial charge in [-0.05, 0) is 13.0 Å². The zero-order valence-electron chi connectivity index (χ0n) is 10.7. The molecule has 2 unspecified atom stereocenters. The van der Waals surface area contributed by atoms with Gasteiger partial charge in [-0.25, -0.2) is 0 Å². The average Bonchev–Trinajstić information content (AvgIpc) is 2.38. The summed E-state index contributed by atoms with van der Waals surface area (Å²) in [7, 11) is 1.57. The van der Waals surface area contributed by atoms with E-state index < -0.39 is 0 Å². The van der Waals surface area contributed by atoms with E-state index in [1.54, 1.807) is 19.2 Å². The first-order chi connectivity index (χ1) is 8.63. The van der Waals surface area contributed by atoms with Crippen LogP contribution in [0.3, 0.4) is 0 Å². The third-order valence-electron chi connectivity index (χ3n) is 2.92. The summed E-state index contributed by atoms with van der Waals surface area (Å²) in [5.41, 5.74) is 6.54. The zero-order valence-corrected chi connectivity index (χ0v) is 10.7. The summed E-state index contributed by atoms with van der Waals surface area (Å²) in [6, 6.07) is 3.50. The topological polar surface area (TPSA) is 80.8 Å². The summed E-state index contributed by atoms with van der Waals surface area (Å²) in [4.78, 5) is 6.38. The van der Waals surface area contributed by atoms with E-state index in [9.17, 15) is 5.11 Å². The summed E-state index contributed by atoms with van der Waals surface area (Å²) in [6.45, 7) is 3.22. The van der Waals surface area contributed by atoms with Crippen molar-refractivity contribution >= 4 is 11.5 Å². The standard InChI is InChI=1S/C12H19N3O3/c1-8-5-15(6-9(7-16)18-8)12-10(13)3-4-11(14-12)17-2/h3-4,8-9,16H,5-7,13H2,1-2H3. The lowest BCUT2D eigenvalue weighted by atomic mass is 10.2. The molecule has 100 valence electrons. The molecule has 1 aliphatic rings. The van der Waals surface area contributed by atoms with Gasteiger partial charge in [0.25, 0.3) is 0 Å². The van der Waals surface area contributed by atoms with E-state index in [0.717, 1.165) is 0 Å². The Labute approximate surface area is 106 Å². The third-order valence-corrected chi connectivity index (χ3v) is 2.92. The molecule has 1 aromatic heterocycles. The second-order valence-electron chi connectivity index (χ2n) is 4.42. The first-order valence-corrected chi connectivity index (χ1v) is 5.95. The first-order valence-electron chi connectivity index (χ1n) is 5.95. The van der Waals surface area contributed by atoms with Gasteiger partial charge in [0.2, 0.25) is 5.88 Å². The number of rotatable bonds is 3. The van der Waals surface area contributed by atoms with E-state index >= 15 is 0 Å². The number of morpholine rings is 1. The summed E-state index contributed by atoms with van der Waals surface area (Å²) >= 11 is 0. The number of aliphatic hydroxyl groups is 1. The van der Waals surface area contributed by atoms with Crippen LogP contribution in [0.2, 0.25) is 0 Å². The smallest absolute Gasteiger partial charge is 0.215 e. The zero-order chi connectivity index (χ0) is 13.1. The summed E-state index contributed by atoms with van der Waals surface area (Å²) in [5, 5.41) is 9.22. The Kier molecular flexibility index (Phi) is 3.88. The maximum atomic E-state index is 9.22. The van der Waals surface area contributed by atoms with Crippen LogP contribution >= 0.6 is 0 Å². The summed E-state index contributed by atoms with van der Waals surface area (Å²) in [6.07, 6.45) is -0.176. The van der Waals surface area contributed by atoms with Crippen molar-refractivity contribution in [1.29, 1.82) is 0 Å². The van der Waals surface area contributed by atoms with Crippen molar-refractivity contribution in [2.75, 3.05) is 37.4 Å². The molecule has 1 fully saturated rings. The van der Waals surface area contributed by atoms with Gasteiger partial charge < -0.3 is 25.2 Å². The Morgan fingerprint density at radius 3 is 3.00 bits per heavy atom. The fraction of sp³-hybridized carbons (Fsp3) is 0.583. The van der Waals surface area contributed by atoms with E-state index in [-0.39, 0.29) is 18.8 Å². The maximum absolute atomic E-state index is 9.22. The minimum atomic E-state index is -0.207. The van der Waals surface area contributed by atoms with E-state index in [0.29, 0.717) is 30.5 Å². The van der Waals surface area contributed by atoms with Gasteiger partial charge in [0.05, 0.1) is 31.6 Å². The summed E-state index contributed by atoms with van der Waals surface area (Å²) in [5.74, 6) is 1.21. The molecule has 0 amide bonds. The minimum Gasteiger partial charge on any atom is -0.481 e. The lowest BCUT2D eigenvalue weighted by Crippen LogP contribution is -2.48. The van der Waals surface area contributed by atoms with Crippen LogP contribution < -0.4 is 15.4 Å². The molecular formula is C12H19N3O3. The molecule has 0 aliphatic carbocycles. The van der Waals surface area contributed by atoms with Crippen molar-refractivity contribution in [3.05, 3.63) is 12.1 Å². The van der Waals surface area contributed by atoms with Crippen LogP contribution in [-0.2, 0) is 4.74 Å². The van der Waals surface area contributed by atoms with Gasteiger partial charge in [-0.1, -0.05) is 0 Å². The quantitative estimate of drug-likeness (QED) is 0.804. The predicted octanol–water partition coefficient (Wildman–Crippen LogP) is 0.258. The second-order valence-corrected chi connectivity index (χ2v) is 4.42. The molecule has 1 aliphatic heterocycles. The van der Waals surface area contributed by atoms with Crippen LogP contribution in [0.15, 0.2) is 12.1 Å². The number of pyridine rings is 1. The van der Waals surface area contributed by atoms with Gasteiger partial charge in [0.15, 0.2) is 5.82 Å². The van der Waals surface area contributed by atoms with Crippen molar-refractivity contribution in [2.24, 2.45) is 0 Å². The summed E-state index contributed by atoms with van der Waals surface area (Å²) < 4.78 is 10.7. The highest BCUT2D eigenvalue weighted by Crippen LogP contribution is 2.26. The number of hydrogen-bond donors (Lipinski definition) is 2. The number of hydrogen-bond acceptors (Lipinski definition) is 6. The number of nitrogens with zero attached hydrogens (tertiary/aromatic N) is 2. The molecule has 2 atom stereocenters. The van der Waals surface area contributed by atoms with Crippen LogP contribution in [-0.4, -0.2) is 49.1 Å². The van der Waals surface area contributed by atoms with Gasteiger partial charge in [0.1, 0.15) is 0 Å². The number of aromatic nitrogens is 1. The largest absolute Gasteiger partial charge is 0.481 e. The van der Waals surface area contributed by atoms with Crippen LogP contribution in [0.25, 0.3) is 0 Å². The second kappa shape index (κ2) is 5.41. The Balaban J connectivity index is 2.24. The Hall–Kier alpha value is -1.53. The lowest BCUT2D eigenvalue weighted by Gasteiger charge is -2.37. The third kappa shape index (κ3) is 2.65. The number of anilines is 2.